The highest BCUT2D eigenvalue weighted by molar-refractivity contribution is 5.69. The quantitative estimate of drug-likeness (QED) is 0.180. The molecule has 2 atom stereocenters. The molecular weight excluding hydrogens is 823 g/mol. The van der Waals surface area contributed by atoms with Crippen molar-refractivity contribution in [2.24, 2.45) is 11.8 Å². The smallest absolute Gasteiger partial charge is 0.410 e. The van der Waals surface area contributed by atoms with E-state index in [4.69, 9.17) is 41.3 Å². The fraction of sp³-hybridized carbons (Fsp3) is 0.692. The molecule has 13 nitrogen and oxygen atoms in total. The monoisotopic (exact) mass is 904 g/mol. The van der Waals surface area contributed by atoms with Gasteiger partial charge in [0, 0.05) is 80.8 Å². The van der Waals surface area contributed by atoms with E-state index in [0.717, 1.165) is 84.4 Å². The molecule has 1 aliphatic carbocycles. The number of ether oxygens (including phenoxy) is 6. The average Bonchev–Trinajstić information content (AvgIpc) is 4.06. The molecule has 2 amide bonds. The predicted molar refractivity (Wildman–Crippen MR) is 262 cm³/mol. The largest absolute Gasteiger partial charge is 0.444 e. The molecule has 362 valence electrons. The van der Waals surface area contributed by atoms with Crippen LogP contribution in [0.15, 0.2) is 0 Å². The highest BCUT2D eigenvalue weighted by atomic mass is 16.6. The molecule has 0 spiro atoms. The first-order chi connectivity index (χ1) is 30.9. The summed E-state index contributed by atoms with van der Waals surface area (Å²) in [5, 5.41) is 2.94. The van der Waals surface area contributed by atoms with Crippen molar-refractivity contribution in [3.05, 3.63) is 0 Å². The number of likely N-dealkylation sites (N-methyl/N-ethyl adjacent to an activating group) is 3. The van der Waals surface area contributed by atoms with E-state index < -0.39 is 11.2 Å². The molecule has 2 aliphatic heterocycles. The van der Waals surface area contributed by atoms with Gasteiger partial charge in [0.05, 0.1) is 32.5 Å². The molecule has 2 unspecified atom stereocenters. The second-order valence-corrected chi connectivity index (χ2v) is 17.4. The van der Waals surface area contributed by atoms with Crippen LogP contribution in [-0.2, 0) is 28.4 Å². The van der Waals surface area contributed by atoms with Gasteiger partial charge in [-0.15, -0.1) is 12.8 Å². The van der Waals surface area contributed by atoms with Crippen LogP contribution in [0.5, 0.6) is 0 Å². The summed E-state index contributed by atoms with van der Waals surface area (Å²) in [5.74, 6) is 29.8. The molecule has 0 aromatic rings. The van der Waals surface area contributed by atoms with E-state index in [1.54, 1.807) is 33.3 Å². The number of hydrogen-bond donors (Lipinski definition) is 1. The summed E-state index contributed by atoms with van der Waals surface area (Å²) in [5.41, 5.74) is -0.827. The molecule has 3 fully saturated rings. The van der Waals surface area contributed by atoms with Crippen LogP contribution in [0.1, 0.15) is 80.1 Å². The maximum absolute atomic E-state index is 11.9. The van der Waals surface area contributed by atoms with Crippen molar-refractivity contribution in [3.8, 4) is 83.9 Å². The maximum atomic E-state index is 11.9. The van der Waals surface area contributed by atoms with Gasteiger partial charge >= 0.3 is 12.2 Å². The van der Waals surface area contributed by atoms with Crippen LogP contribution in [0.2, 0.25) is 0 Å². The van der Waals surface area contributed by atoms with E-state index in [0.29, 0.717) is 12.5 Å². The molecular formula is C52H81N5O8. The predicted octanol–water partition coefficient (Wildman–Crippen LogP) is 5.34. The summed E-state index contributed by atoms with van der Waals surface area (Å²) < 4.78 is 30.6. The van der Waals surface area contributed by atoms with Crippen molar-refractivity contribution in [2.75, 3.05) is 128 Å². The number of hydrogen-bond acceptors (Lipinski definition) is 11. The van der Waals surface area contributed by atoms with E-state index >= 15 is 0 Å². The van der Waals surface area contributed by atoms with Gasteiger partial charge in [0.1, 0.15) is 11.2 Å². The van der Waals surface area contributed by atoms with E-state index in [1.807, 2.05) is 53.5 Å². The summed E-state index contributed by atoms with van der Waals surface area (Å²) in [6.45, 7) is 21.9. The number of terminal acetylenes is 2. The topological polar surface area (TPSA) is 115 Å². The first-order valence-corrected chi connectivity index (χ1v) is 22.3. The number of carbonyl (C=O) groups is 2. The number of carbonyl (C=O) groups excluding carboxylic acids is 2. The van der Waals surface area contributed by atoms with Crippen molar-refractivity contribution < 1.29 is 38.0 Å². The Morgan fingerprint density at radius 2 is 1.00 bits per heavy atom. The first-order valence-electron chi connectivity index (χ1n) is 22.3. The molecule has 1 N–H and O–H groups in total. The summed E-state index contributed by atoms with van der Waals surface area (Å²) in [6.07, 6.45) is 17.2. The fourth-order valence-electron chi connectivity index (χ4n) is 6.16. The van der Waals surface area contributed by atoms with Gasteiger partial charge in [-0.25, -0.2) is 9.59 Å². The molecule has 3 rings (SSSR count). The van der Waals surface area contributed by atoms with Gasteiger partial charge < -0.3 is 53.3 Å². The zero-order valence-electron chi connectivity index (χ0n) is 42.2. The van der Waals surface area contributed by atoms with E-state index in [-0.39, 0.29) is 18.3 Å². The Labute approximate surface area is 395 Å². The van der Waals surface area contributed by atoms with Crippen LogP contribution in [0.3, 0.4) is 0 Å². The lowest BCUT2D eigenvalue weighted by Gasteiger charge is -2.25. The van der Waals surface area contributed by atoms with Crippen LogP contribution >= 0.6 is 0 Å². The van der Waals surface area contributed by atoms with Gasteiger partial charge in [-0.1, -0.05) is 12.8 Å². The van der Waals surface area contributed by atoms with Crippen LogP contribution in [-0.4, -0.2) is 177 Å². The number of rotatable bonds is 14. The Kier molecular flexibility index (Phi) is 37.9. The first kappa shape index (κ1) is 62.3. The Bertz CT molecular complexity index is 1650. The standard InChI is InChI=1S/C14H28N2O3.C14H2.C10H19NO3.C10H21NO.C4H11NO/c1-14(2,3)19-13(17)16-7-6-12(11-16)10-15(4)8-9-18-5;1-3-5-7-9-11-13-14-12-10-8-6-4-2;1-10(2,3)14-9(12)11-6-5-8(7-11)13-4;1-11(7-8-12-2)9-10-5-3-4-6-10;1-5-3-4-6-2/h12H,6-11H2,1-5H3;1-2H;8H,5-7H2,1-4H3;10H,3-9H2,1-2H3;5H,3-4H2,1-2H3. The number of amides is 2. The highest BCUT2D eigenvalue weighted by Gasteiger charge is 2.31. The van der Waals surface area contributed by atoms with Crippen molar-refractivity contribution in [3.63, 3.8) is 0 Å². The van der Waals surface area contributed by atoms with Gasteiger partial charge in [0.15, 0.2) is 0 Å². The van der Waals surface area contributed by atoms with Crippen LogP contribution in [0.4, 0.5) is 9.59 Å². The van der Waals surface area contributed by atoms with Gasteiger partial charge in [-0.05, 0) is 171 Å². The lowest BCUT2D eigenvalue weighted by Crippen LogP contribution is -2.36. The zero-order valence-corrected chi connectivity index (χ0v) is 42.2. The molecule has 0 aromatic heterocycles. The molecule has 0 radical (unpaired) electrons. The van der Waals surface area contributed by atoms with Crippen LogP contribution in [0.25, 0.3) is 0 Å². The van der Waals surface area contributed by atoms with Crippen LogP contribution in [0, 0.1) is 95.7 Å². The van der Waals surface area contributed by atoms with Crippen LogP contribution < -0.4 is 5.32 Å². The lowest BCUT2D eigenvalue weighted by molar-refractivity contribution is 0.0250. The van der Waals surface area contributed by atoms with Gasteiger partial charge in [-0.3, -0.25) is 0 Å². The lowest BCUT2D eigenvalue weighted by atomic mass is 10.1. The summed E-state index contributed by atoms with van der Waals surface area (Å²) in [4.78, 5) is 31.7. The Balaban J connectivity index is 0. The van der Waals surface area contributed by atoms with Crippen molar-refractivity contribution in [1.82, 2.24) is 24.9 Å². The second-order valence-electron chi connectivity index (χ2n) is 17.4. The summed E-state index contributed by atoms with van der Waals surface area (Å²) >= 11 is 0. The van der Waals surface area contributed by atoms with Gasteiger partial charge in [0.2, 0.25) is 0 Å². The number of nitrogens with zero attached hydrogens (tertiary/aromatic N) is 4. The minimum absolute atomic E-state index is 0.169. The molecule has 65 heavy (non-hydrogen) atoms. The number of likely N-dealkylation sites (tertiary alicyclic amines) is 2. The Hall–Kier alpha value is -4.82. The molecule has 0 aromatic carbocycles. The van der Waals surface area contributed by atoms with Gasteiger partial charge in [0.25, 0.3) is 0 Å². The SMILES string of the molecule is C#CC#CC#CC#CC#CC#CC#C.CNCCOC.COC1CCN(C(=O)OC(C)(C)C)C1.COCCN(C)CC1CCCC1.COCCN(C)CC1CCN(C(=O)OC(C)(C)C)C1. The third-order valence-electron chi connectivity index (χ3n) is 9.30. The van der Waals surface area contributed by atoms with E-state index in [9.17, 15) is 9.59 Å². The molecule has 2 saturated heterocycles. The zero-order chi connectivity index (χ0) is 49.4. The summed E-state index contributed by atoms with van der Waals surface area (Å²) in [6, 6.07) is 0. The van der Waals surface area contributed by atoms with Crippen molar-refractivity contribution >= 4 is 12.2 Å². The second kappa shape index (κ2) is 39.5. The number of methoxy groups -OCH3 is 4. The van der Waals surface area contributed by atoms with Crippen molar-refractivity contribution in [1.29, 1.82) is 0 Å². The van der Waals surface area contributed by atoms with E-state index in [2.05, 4.69) is 100 Å². The van der Waals surface area contributed by atoms with Crippen molar-refractivity contribution in [2.45, 2.75) is 97.4 Å². The average molecular weight is 904 g/mol. The molecule has 13 heteroatoms. The third kappa shape index (κ3) is 39.3. The normalized spacial score (nSPS) is 15.9. The number of nitrogens with one attached hydrogen (secondary N) is 1. The third-order valence-corrected chi connectivity index (χ3v) is 9.30. The van der Waals surface area contributed by atoms with E-state index in [1.165, 1.54) is 32.2 Å². The maximum Gasteiger partial charge on any atom is 0.410 e. The Morgan fingerprint density at radius 1 is 0.600 bits per heavy atom. The minimum Gasteiger partial charge on any atom is -0.444 e. The molecule has 2 heterocycles. The Morgan fingerprint density at radius 3 is 1.35 bits per heavy atom. The highest BCUT2D eigenvalue weighted by Crippen LogP contribution is 2.25. The fourth-order valence-corrected chi connectivity index (χ4v) is 6.16. The minimum atomic E-state index is -0.414. The summed E-state index contributed by atoms with van der Waals surface area (Å²) in [7, 11) is 13.0. The molecule has 1 saturated carbocycles. The molecule has 0 bridgehead atoms. The molecule has 3 aliphatic rings. The van der Waals surface area contributed by atoms with Gasteiger partial charge in [-0.2, -0.15) is 0 Å².